The molecule has 1 amide bonds. The third kappa shape index (κ3) is 4.18. The summed E-state index contributed by atoms with van der Waals surface area (Å²) >= 11 is 5.83. The van der Waals surface area contributed by atoms with Crippen molar-refractivity contribution in [3.63, 3.8) is 0 Å². The maximum absolute atomic E-state index is 11.7. The summed E-state index contributed by atoms with van der Waals surface area (Å²) in [6.07, 6.45) is -1.11. The number of likely N-dealkylation sites (tertiary alicyclic amines) is 1. The molecule has 3 N–H and O–H groups in total. The van der Waals surface area contributed by atoms with E-state index in [-0.39, 0.29) is 5.91 Å². The number of amides is 1. The van der Waals surface area contributed by atoms with Crippen LogP contribution >= 0.6 is 11.6 Å². The molecule has 1 fully saturated rings. The summed E-state index contributed by atoms with van der Waals surface area (Å²) in [7, 11) is 0. The van der Waals surface area contributed by atoms with Gasteiger partial charge in [0.05, 0.1) is 12.2 Å². The zero-order chi connectivity index (χ0) is 13.8. The third-order valence-corrected chi connectivity index (χ3v) is 3.33. The summed E-state index contributed by atoms with van der Waals surface area (Å²) in [6, 6.07) is 6.96. The van der Waals surface area contributed by atoms with Crippen molar-refractivity contribution in [1.82, 2.24) is 4.90 Å². The highest BCUT2D eigenvalue weighted by Gasteiger charge is 2.29. The van der Waals surface area contributed by atoms with Crippen LogP contribution in [0, 0.1) is 0 Å². The number of β-amino-alcohol motifs (C(OH)–C–C–N with tert-alkyl or cyclic N) is 2. The fourth-order valence-corrected chi connectivity index (χ4v) is 2.27. The van der Waals surface area contributed by atoms with Crippen LogP contribution in [0.2, 0.25) is 5.02 Å². The van der Waals surface area contributed by atoms with Crippen LogP contribution in [-0.4, -0.2) is 52.9 Å². The van der Waals surface area contributed by atoms with E-state index in [1.807, 2.05) is 4.90 Å². The van der Waals surface area contributed by atoms with Gasteiger partial charge in [0.2, 0.25) is 5.91 Å². The Morgan fingerprint density at radius 1 is 1.37 bits per heavy atom. The molecule has 0 aromatic heterocycles. The van der Waals surface area contributed by atoms with E-state index in [1.54, 1.807) is 24.3 Å². The first-order valence-electron chi connectivity index (χ1n) is 6.18. The molecule has 1 aliphatic heterocycles. The highest BCUT2D eigenvalue weighted by atomic mass is 35.5. The number of nitrogens with one attached hydrogen (secondary N) is 1. The van der Waals surface area contributed by atoms with Crippen molar-refractivity contribution < 1.29 is 15.0 Å². The summed E-state index contributed by atoms with van der Waals surface area (Å²) < 4.78 is 0. The third-order valence-electron chi connectivity index (χ3n) is 3.10. The fourth-order valence-electron chi connectivity index (χ4n) is 2.08. The number of hydrogen-bond acceptors (Lipinski definition) is 4. The molecule has 0 spiro atoms. The van der Waals surface area contributed by atoms with Gasteiger partial charge in [0.1, 0.15) is 0 Å². The van der Waals surface area contributed by atoms with Gasteiger partial charge in [-0.2, -0.15) is 0 Å². The Hall–Kier alpha value is -1.14. The van der Waals surface area contributed by atoms with Crippen LogP contribution in [0.5, 0.6) is 0 Å². The van der Waals surface area contributed by atoms with Gasteiger partial charge in [0, 0.05) is 36.8 Å². The number of carbonyl (C=O) groups is 1. The Balaban J connectivity index is 1.76. The lowest BCUT2D eigenvalue weighted by molar-refractivity contribution is -0.116. The molecular formula is C13H17ClN2O3. The second-order valence-corrected chi connectivity index (χ2v) is 5.14. The zero-order valence-corrected chi connectivity index (χ0v) is 11.2. The molecule has 0 unspecified atom stereocenters. The molecule has 1 aliphatic rings. The average Bonchev–Trinajstić information content (AvgIpc) is 2.66. The molecule has 5 nitrogen and oxygen atoms in total. The molecule has 104 valence electrons. The van der Waals surface area contributed by atoms with Crippen LogP contribution in [0.25, 0.3) is 0 Å². The molecule has 6 heteroatoms. The van der Waals surface area contributed by atoms with Crippen LogP contribution in [0.1, 0.15) is 6.42 Å². The smallest absolute Gasteiger partial charge is 0.225 e. The number of aliphatic hydroxyl groups is 2. The van der Waals surface area contributed by atoms with Gasteiger partial charge in [-0.1, -0.05) is 17.7 Å². The van der Waals surface area contributed by atoms with E-state index in [0.717, 1.165) is 0 Å². The fraction of sp³-hybridized carbons (Fsp3) is 0.462. The molecule has 1 aromatic rings. The maximum atomic E-state index is 11.7. The first kappa shape index (κ1) is 14.3. The summed E-state index contributed by atoms with van der Waals surface area (Å²) in [5.41, 5.74) is 0.666. The monoisotopic (exact) mass is 284 g/mol. The van der Waals surface area contributed by atoms with Crippen molar-refractivity contribution in [2.75, 3.05) is 25.0 Å². The number of aliphatic hydroxyl groups excluding tert-OH is 2. The standard InChI is InChI=1S/C13H17ClN2O3/c14-9-2-1-3-10(6-9)15-13(19)4-5-16-7-11(17)12(18)8-16/h1-3,6,11-12,17-18H,4-5,7-8H2,(H,15,19)/t11-,12+. The SMILES string of the molecule is O=C(CCN1C[C@@H](O)[C@@H](O)C1)Nc1cccc(Cl)c1. The summed E-state index contributed by atoms with van der Waals surface area (Å²) in [5, 5.41) is 22.1. The first-order valence-corrected chi connectivity index (χ1v) is 6.56. The topological polar surface area (TPSA) is 72.8 Å². The number of benzene rings is 1. The Bertz CT molecular complexity index is 445. The van der Waals surface area contributed by atoms with Gasteiger partial charge in [-0.25, -0.2) is 0 Å². The van der Waals surface area contributed by atoms with Crippen molar-refractivity contribution in [3.8, 4) is 0 Å². The molecule has 0 saturated carbocycles. The number of anilines is 1. The van der Waals surface area contributed by atoms with Gasteiger partial charge in [-0.05, 0) is 18.2 Å². The van der Waals surface area contributed by atoms with Crippen LogP contribution < -0.4 is 5.32 Å². The minimum Gasteiger partial charge on any atom is -0.389 e. The number of rotatable bonds is 4. The second kappa shape index (κ2) is 6.34. The van der Waals surface area contributed by atoms with Crippen molar-refractivity contribution in [3.05, 3.63) is 29.3 Å². The van der Waals surface area contributed by atoms with E-state index in [0.29, 0.717) is 36.8 Å². The minimum absolute atomic E-state index is 0.113. The normalized spacial score (nSPS) is 23.5. The van der Waals surface area contributed by atoms with Crippen molar-refractivity contribution in [2.24, 2.45) is 0 Å². The molecule has 1 saturated heterocycles. The van der Waals surface area contributed by atoms with E-state index in [9.17, 15) is 15.0 Å². The predicted octanol–water partition coefficient (Wildman–Crippen LogP) is 0.706. The van der Waals surface area contributed by atoms with Crippen molar-refractivity contribution in [1.29, 1.82) is 0 Å². The van der Waals surface area contributed by atoms with Gasteiger partial charge in [0.15, 0.2) is 0 Å². The Morgan fingerprint density at radius 2 is 2.05 bits per heavy atom. The molecular weight excluding hydrogens is 268 g/mol. The van der Waals surface area contributed by atoms with Gasteiger partial charge in [0.25, 0.3) is 0 Å². The molecule has 2 atom stereocenters. The molecule has 0 bridgehead atoms. The predicted molar refractivity (Wildman–Crippen MR) is 73.2 cm³/mol. The molecule has 19 heavy (non-hydrogen) atoms. The highest BCUT2D eigenvalue weighted by molar-refractivity contribution is 6.30. The lowest BCUT2D eigenvalue weighted by Gasteiger charge is -2.14. The number of halogens is 1. The van der Waals surface area contributed by atoms with Crippen LogP contribution in [0.15, 0.2) is 24.3 Å². The summed E-state index contributed by atoms with van der Waals surface area (Å²) in [4.78, 5) is 13.6. The van der Waals surface area contributed by atoms with Crippen molar-refractivity contribution >= 4 is 23.2 Å². The number of nitrogens with zero attached hydrogens (tertiary/aromatic N) is 1. The number of hydrogen-bond donors (Lipinski definition) is 3. The first-order chi connectivity index (χ1) is 9.04. The van der Waals surface area contributed by atoms with E-state index in [4.69, 9.17) is 11.6 Å². The zero-order valence-electron chi connectivity index (χ0n) is 10.4. The Kier molecular flexibility index (Phi) is 4.76. The van der Waals surface area contributed by atoms with Crippen LogP contribution in [0.4, 0.5) is 5.69 Å². The van der Waals surface area contributed by atoms with E-state index < -0.39 is 12.2 Å². The molecule has 0 aliphatic carbocycles. The van der Waals surface area contributed by atoms with Gasteiger partial charge < -0.3 is 15.5 Å². The van der Waals surface area contributed by atoms with Crippen molar-refractivity contribution in [2.45, 2.75) is 18.6 Å². The second-order valence-electron chi connectivity index (χ2n) is 4.70. The van der Waals surface area contributed by atoms with E-state index >= 15 is 0 Å². The summed E-state index contributed by atoms with van der Waals surface area (Å²) in [6.45, 7) is 1.33. The van der Waals surface area contributed by atoms with E-state index in [1.165, 1.54) is 0 Å². The lowest BCUT2D eigenvalue weighted by Crippen LogP contribution is -2.26. The average molecular weight is 285 g/mol. The van der Waals surface area contributed by atoms with Crippen LogP contribution in [0.3, 0.4) is 0 Å². The number of carbonyl (C=O) groups excluding carboxylic acids is 1. The molecule has 0 radical (unpaired) electrons. The minimum atomic E-state index is -0.712. The highest BCUT2D eigenvalue weighted by Crippen LogP contribution is 2.15. The summed E-state index contributed by atoms with van der Waals surface area (Å²) in [5.74, 6) is -0.113. The van der Waals surface area contributed by atoms with E-state index in [2.05, 4.69) is 5.32 Å². The largest absolute Gasteiger partial charge is 0.389 e. The van der Waals surface area contributed by atoms with Gasteiger partial charge >= 0.3 is 0 Å². The molecule has 1 aromatic carbocycles. The maximum Gasteiger partial charge on any atom is 0.225 e. The molecule has 2 rings (SSSR count). The van der Waals surface area contributed by atoms with Gasteiger partial charge in [-0.15, -0.1) is 0 Å². The van der Waals surface area contributed by atoms with Crippen LogP contribution in [-0.2, 0) is 4.79 Å². The van der Waals surface area contributed by atoms with Gasteiger partial charge in [-0.3, -0.25) is 9.69 Å². The Labute approximate surface area is 116 Å². The molecule has 1 heterocycles. The quantitative estimate of drug-likeness (QED) is 0.761. The Morgan fingerprint density at radius 3 is 2.68 bits per heavy atom. The lowest BCUT2D eigenvalue weighted by atomic mass is 10.3.